The van der Waals surface area contributed by atoms with Crippen LogP contribution in [-0.4, -0.2) is 23.4 Å². The first kappa shape index (κ1) is 11.5. The van der Waals surface area contributed by atoms with Gasteiger partial charge in [-0.2, -0.15) is 26.3 Å². The molecule has 0 spiro atoms. The van der Waals surface area contributed by atoms with Crippen LogP contribution in [0.5, 0.6) is 0 Å². The van der Waals surface area contributed by atoms with Crippen molar-refractivity contribution in [3.05, 3.63) is 0 Å². The first-order valence-corrected chi connectivity index (χ1v) is 2.52. The first-order chi connectivity index (χ1) is 4.96. The molecule has 0 radical (unpaired) electrons. The largest absolute Gasteiger partial charge is 0.452 e. The van der Waals surface area contributed by atoms with Crippen molar-refractivity contribution in [2.24, 2.45) is 0 Å². The molecule has 0 amide bonds. The van der Waals surface area contributed by atoms with Crippen LogP contribution in [0.3, 0.4) is 0 Å². The fourth-order valence-electron chi connectivity index (χ4n) is 0.286. The zero-order valence-electron chi connectivity index (χ0n) is 5.62. The fourth-order valence-corrected chi connectivity index (χ4v) is 0.286. The summed E-state index contributed by atoms with van der Waals surface area (Å²) in [5.74, 6) is 0. The maximum absolute atomic E-state index is 11.7. The molecule has 0 aromatic heterocycles. The van der Waals surface area contributed by atoms with Gasteiger partial charge < -0.3 is 5.11 Å². The van der Waals surface area contributed by atoms with Crippen molar-refractivity contribution in [3.63, 3.8) is 0 Å². The number of hydrogen-bond donors (Lipinski definition) is 1. The summed E-state index contributed by atoms with van der Waals surface area (Å²) in [6, 6.07) is 0. The van der Waals surface area contributed by atoms with E-state index in [1.54, 1.807) is 0 Å². The highest BCUT2D eigenvalue weighted by Gasteiger charge is 2.61. The van der Waals surface area contributed by atoms with Crippen molar-refractivity contribution in [3.8, 4) is 0 Å². The van der Waals surface area contributed by atoms with E-state index >= 15 is 0 Å². The molecule has 0 unspecified atom stereocenters. The minimum Gasteiger partial charge on any atom is -0.329 e. The molecule has 0 aliphatic heterocycles. The quantitative estimate of drug-likeness (QED) is 0.700. The van der Waals surface area contributed by atoms with Crippen LogP contribution in [0.4, 0.5) is 26.3 Å². The maximum atomic E-state index is 11.7. The van der Waals surface area contributed by atoms with Gasteiger partial charge >= 0.3 is 18.3 Å². The SMILES string of the molecule is CC(F)(F)OC(F)(F)C(O)(F)F. The predicted octanol–water partition coefficient (Wildman–Crippen LogP) is 1.79. The summed E-state index contributed by atoms with van der Waals surface area (Å²) in [5.41, 5.74) is 0. The van der Waals surface area contributed by atoms with Gasteiger partial charge in [0.2, 0.25) is 0 Å². The molecule has 2 nitrogen and oxygen atoms in total. The lowest BCUT2D eigenvalue weighted by Gasteiger charge is -2.23. The molecule has 8 heteroatoms. The molecule has 0 saturated heterocycles. The van der Waals surface area contributed by atoms with Crippen molar-refractivity contribution >= 4 is 0 Å². The Morgan fingerprint density at radius 3 is 1.42 bits per heavy atom. The van der Waals surface area contributed by atoms with E-state index in [0.29, 0.717) is 0 Å². The van der Waals surface area contributed by atoms with Crippen molar-refractivity contribution < 1.29 is 36.2 Å². The molecule has 0 bridgehead atoms. The van der Waals surface area contributed by atoms with Crippen molar-refractivity contribution in [1.29, 1.82) is 0 Å². The topological polar surface area (TPSA) is 29.5 Å². The number of ether oxygens (including phenoxy) is 1. The molecule has 0 aromatic rings. The van der Waals surface area contributed by atoms with Crippen LogP contribution >= 0.6 is 0 Å². The molecular weight excluding hydrogens is 194 g/mol. The Bertz CT molecular complexity index is 156. The molecule has 0 fully saturated rings. The normalized spacial score (nSPS) is 15.0. The minimum atomic E-state index is -5.63. The van der Waals surface area contributed by atoms with Crippen LogP contribution in [0, 0.1) is 0 Å². The summed E-state index contributed by atoms with van der Waals surface area (Å²) in [4.78, 5) is 0. The molecule has 74 valence electrons. The van der Waals surface area contributed by atoms with Gasteiger partial charge in [-0.1, -0.05) is 0 Å². The number of hydrogen-bond acceptors (Lipinski definition) is 2. The number of aliphatic hydroxyl groups is 1. The van der Waals surface area contributed by atoms with Crippen molar-refractivity contribution in [1.82, 2.24) is 0 Å². The van der Waals surface area contributed by atoms with Gasteiger partial charge in [0.15, 0.2) is 0 Å². The van der Waals surface area contributed by atoms with E-state index in [2.05, 4.69) is 4.74 Å². The summed E-state index contributed by atoms with van der Waals surface area (Å²) in [6.45, 7) is -0.160. The average Bonchev–Trinajstić information content (AvgIpc) is 1.52. The second-order valence-corrected chi connectivity index (χ2v) is 1.97. The Kier molecular flexibility index (Phi) is 2.65. The molecular formula is C4H4F6O2. The summed E-state index contributed by atoms with van der Waals surface area (Å²) in [7, 11) is 0. The third-order valence-corrected chi connectivity index (χ3v) is 0.658. The third kappa shape index (κ3) is 3.26. The number of halogens is 6. The van der Waals surface area contributed by atoms with E-state index in [4.69, 9.17) is 5.11 Å². The minimum absolute atomic E-state index is 0.160. The predicted molar refractivity (Wildman–Crippen MR) is 23.8 cm³/mol. The Morgan fingerprint density at radius 2 is 1.33 bits per heavy atom. The molecule has 0 saturated carbocycles. The summed E-state index contributed by atoms with van der Waals surface area (Å²) < 4.78 is 71.7. The van der Waals surface area contributed by atoms with Crippen LogP contribution in [0.1, 0.15) is 6.92 Å². The van der Waals surface area contributed by atoms with Crippen LogP contribution in [0.15, 0.2) is 0 Å². The molecule has 0 rings (SSSR count). The molecule has 0 atom stereocenters. The zero-order chi connectivity index (χ0) is 10.2. The second kappa shape index (κ2) is 2.77. The maximum Gasteiger partial charge on any atom is 0.452 e. The van der Waals surface area contributed by atoms with E-state index < -0.39 is 18.3 Å². The molecule has 0 aromatic carbocycles. The lowest BCUT2D eigenvalue weighted by atomic mass is 10.5. The van der Waals surface area contributed by atoms with Gasteiger partial charge in [-0.3, -0.25) is 0 Å². The van der Waals surface area contributed by atoms with Gasteiger partial charge in [0.1, 0.15) is 0 Å². The lowest BCUT2D eigenvalue weighted by molar-refractivity contribution is -0.469. The monoisotopic (exact) mass is 198 g/mol. The first-order valence-electron chi connectivity index (χ1n) is 2.52. The van der Waals surface area contributed by atoms with E-state index in [9.17, 15) is 26.3 Å². The highest BCUT2D eigenvalue weighted by molar-refractivity contribution is 4.64. The van der Waals surface area contributed by atoms with Crippen LogP contribution in [-0.2, 0) is 4.74 Å². The van der Waals surface area contributed by atoms with Crippen LogP contribution in [0.25, 0.3) is 0 Å². The Morgan fingerprint density at radius 1 is 1.00 bits per heavy atom. The van der Waals surface area contributed by atoms with Crippen LogP contribution in [0.2, 0.25) is 0 Å². The van der Waals surface area contributed by atoms with E-state index in [-0.39, 0.29) is 6.92 Å². The lowest BCUT2D eigenvalue weighted by Crippen LogP contribution is -2.46. The van der Waals surface area contributed by atoms with Gasteiger partial charge in [0.05, 0.1) is 0 Å². The van der Waals surface area contributed by atoms with Gasteiger partial charge in [0, 0.05) is 6.92 Å². The second-order valence-electron chi connectivity index (χ2n) is 1.97. The highest BCUT2D eigenvalue weighted by atomic mass is 19.3. The van der Waals surface area contributed by atoms with E-state index in [1.807, 2.05) is 0 Å². The summed E-state index contributed by atoms with van der Waals surface area (Å²) >= 11 is 0. The van der Waals surface area contributed by atoms with E-state index in [1.165, 1.54) is 0 Å². The molecule has 12 heavy (non-hydrogen) atoms. The number of rotatable bonds is 3. The third-order valence-electron chi connectivity index (χ3n) is 0.658. The Balaban J connectivity index is 4.44. The molecule has 1 N–H and O–H groups in total. The highest BCUT2D eigenvalue weighted by Crippen LogP contribution is 2.37. The van der Waals surface area contributed by atoms with Crippen molar-refractivity contribution in [2.45, 2.75) is 25.2 Å². The zero-order valence-corrected chi connectivity index (χ0v) is 5.62. The smallest absolute Gasteiger partial charge is 0.329 e. The fraction of sp³-hybridized carbons (Fsp3) is 1.00. The average molecular weight is 198 g/mol. The van der Waals surface area contributed by atoms with Crippen molar-refractivity contribution in [2.75, 3.05) is 0 Å². The molecule has 0 aliphatic carbocycles. The standard InChI is InChI=1S/C4H4F6O2/c1-2(5,6)12-4(9,10)3(7,8)11/h11H,1H3. The van der Waals surface area contributed by atoms with Gasteiger partial charge in [-0.05, 0) is 0 Å². The summed E-state index contributed by atoms with van der Waals surface area (Å²) in [5, 5.41) is 7.37. The Hall–Kier alpha value is -0.500. The molecule has 0 heterocycles. The van der Waals surface area contributed by atoms with Gasteiger partial charge in [-0.25, -0.2) is 4.74 Å². The van der Waals surface area contributed by atoms with Gasteiger partial charge in [-0.15, -0.1) is 0 Å². The van der Waals surface area contributed by atoms with Crippen LogP contribution < -0.4 is 0 Å². The summed E-state index contributed by atoms with van der Waals surface area (Å²) in [6.07, 6.45) is -15.7. The van der Waals surface area contributed by atoms with E-state index in [0.717, 1.165) is 0 Å². The number of alkyl halides is 6. The van der Waals surface area contributed by atoms with Gasteiger partial charge in [0.25, 0.3) is 0 Å². The molecule has 0 aliphatic rings. The Labute approximate surface area is 62.7 Å².